The van der Waals surface area contributed by atoms with Crippen LogP contribution in [-0.2, 0) is 11.3 Å². The molecule has 0 atom stereocenters. The number of amides is 1. The van der Waals surface area contributed by atoms with Crippen molar-refractivity contribution in [3.63, 3.8) is 0 Å². The molecule has 1 aromatic carbocycles. The molecule has 0 N–H and O–H groups in total. The Balaban J connectivity index is 2.67. The van der Waals surface area contributed by atoms with Crippen molar-refractivity contribution in [1.29, 1.82) is 0 Å². The van der Waals surface area contributed by atoms with E-state index < -0.39 is 0 Å². The van der Waals surface area contributed by atoms with E-state index in [0.717, 1.165) is 0 Å². The Morgan fingerprint density at radius 3 is 2.48 bits per heavy atom. The van der Waals surface area contributed by atoms with Gasteiger partial charge in [-0.2, -0.15) is 0 Å². The van der Waals surface area contributed by atoms with E-state index in [4.69, 9.17) is 11.6 Å². The molecule has 114 valence electrons. The lowest BCUT2D eigenvalue weighted by molar-refractivity contribution is -0.131. The SMILES string of the molecule is C=CCN(CC=C)C(=O)CN(C)Cc1c(F)cccc1Cl. The fraction of sp³-hybridized carbons (Fsp3) is 0.312. The third-order valence-corrected chi connectivity index (χ3v) is 3.30. The molecule has 1 aromatic rings. The van der Waals surface area contributed by atoms with E-state index >= 15 is 0 Å². The van der Waals surface area contributed by atoms with E-state index in [9.17, 15) is 9.18 Å². The molecule has 21 heavy (non-hydrogen) atoms. The number of benzene rings is 1. The summed E-state index contributed by atoms with van der Waals surface area (Å²) in [4.78, 5) is 15.5. The van der Waals surface area contributed by atoms with Crippen LogP contribution in [0.1, 0.15) is 5.56 Å². The topological polar surface area (TPSA) is 23.6 Å². The van der Waals surface area contributed by atoms with Gasteiger partial charge in [-0.15, -0.1) is 13.2 Å². The Bertz CT molecular complexity index is 489. The number of nitrogens with zero attached hydrogens (tertiary/aromatic N) is 2. The van der Waals surface area contributed by atoms with Crippen molar-refractivity contribution in [3.8, 4) is 0 Å². The molecule has 0 heterocycles. The number of carbonyl (C=O) groups is 1. The number of hydrogen-bond acceptors (Lipinski definition) is 2. The first-order valence-electron chi connectivity index (χ1n) is 6.60. The molecule has 0 spiro atoms. The molecule has 0 saturated carbocycles. The largest absolute Gasteiger partial charge is 0.334 e. The summed E-state index contributed by atoms with van der Waals surface area (Å²) in [6.45, 7) is 8.61. The monoisotopic (exact) mass is 310 g/mol. The van der Waals surface area contributed by atoms with Gasteiger partial charge in [0.15, 0.2) is 0 Å². The summed E-state index contributed by atoms with van der Waals surface area (Å²) in [5.74, 6) is -0.430. The first-order valence-corrected chi connectivity index (χ1v) is 6.98. The molecule has 0 aromatic heterocycles. The van der Waals surface area contributed by atoms with Crippen LogP contribution in [0.2, 0.25) is 5.02 Å². The third-order valence-electron chi connectivity index (χ3n) is 2.95. The van der Waals surface area contributed by atoms with Crippen molar-refractivity contribution in [2.24, 2.45) is 0 Å². The summed E-state index contributed by atoms with van der Waals surface area (Å²) in [5.41, 5.74) is 0.397. The molecule has 0 bridgehead atoms. The minimum atomic E-state index is -0.365. The first-order chi connectivity index (χ1) is 9.99. The average molecular weight is 311 g/mol. The summed E-state index contributed by atoms with van der Waals surface area (Å²) < 4.78 is 13.7. The molecule has 0 aliphatic rings. The van der Waals surface area contributed by atoms with Crippen molar-refractivity contribution in [2.75, 3.05) is 26.7 Å². The summed E-state index contributed by atoms with van der Waals surface area (Å²) in [5, 5.41) is 0.364. The molecule has 3 nitrogen and oxygen atoms in total. The minimum absolute atomic E-state index is 0.0650. The molecule has 0 fully saturated rings. The maximum Gasteiger partial charge on any atom is 0.237 e. The second kappa shape index (κ2) is 8.60. The predicted molar refractivity (Wildman–Crippen MR) is 84.7 cm³/mol. The number of carbonyl (C=O) groups excluding carboxylic acids is 1. The van der Waals surface area contributed by atoms with E-state index in [1.54, 1.807) is 41.1 Å². The average Bonchev–Trinajstić information content (AvgIpc) is 2.42. The van der Waals surface area contributed by atoms with Crippen molar-refractivity contribution in [3.05, 3.63) is 59.9 Å². The zero-order valence-electron chi connectivity index (χ0n) is 12.2. The summed E-state index contributed by atoms with van der Waals surface area (Å²) in [7, 11) is 1.75. The van der Waals surface area contributed by atoms with Crippen LogP contribution in [0.4, 0.5) is 4.39 Å². The van der Waals surface area contributed by atoms with Crippen LogP contribution in [0.5, 0.6) is 0 Å². The molecule has 1 rings (SSSR count). The zero-order valence-corrected chi connectivity index (χ0v) is 12.9. The molecule has 0 aliphatic heterocycles. The van der Waals surface area contributed by atoms with Crippen LogP contribution in [-0.4, -0.2) is 42.4 Å². The van der Waals surface area contributed by atoms with Gasteiger partial charge in [-0.3, -0.25) is 9.69 Å². The standard InChI is InChI=1S/C16H20ClFN2O/c1-4-9-20(10-5-2)16(21)12-19(3)11-13-14(17)7-6-8-15(13)18/h4-8H,1-2,9-12H2,3H3. The maximum absolute atomic E-state index is 13.7. The molecule has 0 radical (unpaired) electrons. The van der Waals surface area contributed by atoms with Crippen LogP contribution in [0.25, 0.3) is 0 Å². The van der Waals surface area contributed by atoms with E-state index in [1.807, 2.05) is 0 Å². The van der Waals surface area contributed by atoms with Gasteiger partial charge >= 0.3 is 0 Å². The summed E-state index contributed by atoms with van der Waals surface area (Å²) >= 11 is 5.98. The molecule has 0 aliphatic carbocycles. The van der Waals surface area contributed by atoms with Crippen molar-refractivity contribution >= 4 is 17.5 Å². The number of halogens is 2. The van der Waals surface area contributed by atoms with Crippen LogP contribution in [0.15, 0.2) is 43.5 Å². The highest BCUT2D eigenvalue weighted by Gasteiger charge is 2.15. The van der Waals surface area contributed by atoms with E-state index in [2.05, 4.69) is 13.2 Å². The highest BCUT2D eigenvalue weighted by atomic mass is 35.5. The second-order valence-electron chi connectivity index (χ2n) is 4.75. The van der Waals surface area contributed by atoms with Crippen molar-refractivity contribution in [2.45, 2.75) is 6.54 Å². The van der Waals surface area contributed by atoms with Gasteiger partial charge in [0.05, 0.1) is 6.54 Å². The van der Waals surface area contributed by atoms with Crippen LogP contribution < -0.4 is 0 Å². The smallest absolute Gasteiger partial charge is 0.237 e. The number of likely N-dealkylation sites (N-methyl/N-ethyl adjacent to an activating group) is 1. The zero-order chi connectivity index (χ0) is 15.8. The Hall–Kier alpha value is -1.65. The van der Waals surface area contributed by atoms with E-state index in [1.165, 1.54) is 6.07 Å². The molecule has 0 unspecified atom stereocenters. The van der Waals surface area contributed by atoms with Gasteiger partial charge in [-0.1, -0.05) is 29.8 Å². The maximum atomic E-state index is 13.7. The molecular formula is C16H20ClFN2O. The van der Waals surface area contributed by atoms with Crippen LogP contribution in [0, 0.1) is 5.82 Å². The van der Waals surface area contributed by atoms with Crippen molar-refractivity contribution in [1.82, 2.24) is 9.80 Å². The number of hydrogen-bond donors (Lipinski definition) is 0. The molecule has 5 heteroatoms. The fourth-order valence-corrected chi connectivity index (χ4v) is 2.15. The Morgan fingerprint density at radius 2 is 1.95 bits per heavy atom. The Labute approximate surface area is 130 Å². The van der Waals surface area contributed by atoms with Crippen LogP contribution in [0.3, 0.4) is 0 Å². The minimum Gasteiger partial charge on any atom is -0.334 e. The van der Waals surface area contributed by atoms with Gasteiger partial charge in [-0.25, -0.2) is 4.39 Å². The molecule has 0 saturated heterocycles. The summed E-state index contributed by atoms with van der Waals surface area (Å²) in [6.07, 6.45) is 3.32. The summed E-state index contributed by atoms with van der Waals surface area (Å²) in [6, 6.07) is 4.55. The van der Waals surface area contributed by atoms with Gasteiger partial charge in [-0.05, 0) is 19.2 Å². The van der Waals surface area contributed by atoms with Gasteiger partial charge < -0.3 is 4.90 Å². The van der Waals surface area contributed by atoms with Gasteiger partial charge in [0.2, 0.25) is 5.91 Å². The normalized spacial score (nSPS) is 10.5. The second-order valence-corrected chi connectivity index (χ2v) is 5.16. The van der Waals surface area contributed by atoms with Gasteiger partial charge in [0.25, 0.3) is 0 Å². The molecule has 1 amide bonds. The number of rotatable bonds is 8. The van der Waals surface area contributed by atoms with Crippen molar-refractivity contribution < 1.29 is 9.18 Å². The van der Waals surface area contributed by atoms with E-state index in [0.29, 0.717) is 23.7 Å². The lowest BCUT2D eigenvalue weighted by Gasteiger charge is -2.23. The van der Waals surface area contributed by atoms with E-state index in [-0.39, 0.29) is 24.8 Å². The van der Waals surface area contributed by atoms with Gasteiger partial charge in [0, 0.05) is 30.2 Å². The quantitative estimate of drug-likeness (QED) is 0.689. The Kier molecular flexibility index (Phi) is 7.12. The van der Waals surface area contributed by atoms with Gasteiger partial charge in [0.1, 0.15) is 5.82 Å². The highest BCUT2D eigenvalue weighted by molar-refractivity contribution is 6.31. The van der Waals surface area contributed by atoms with Crippen LogP contribution >= 0.6 is 11.6 Å². The highest BCUT2D eigenvalue weighted by Crippen LogP contribution is 2.20. The lowest BCUT2D eigenvalue weighted by atomic mass is 10.2. The third kappa shape index (κ3) is 5.33. The first kappa shape index (κ1) is 17.4. The fourth-order valence-electron chi connectivity index (χ4n) is 1.93. The predicted octanol–water partition coefficient (Wildman–Crippen LogP) is 3.11. The Morgan fingerprint density at radius 1 is 1.33 bits per heavy atom. The lowest BCUT2D eigenvalue weighted by Crippen LogP contribution is -2.39. The molecular weight excluding hydrogens is 291 g/mol.